The molecule has 0 radical (unpaired) electrons. The van der Waals surface area contributed by atoms with Crippen LogP contribution in [0.15, 0.2) is 0 Å². The molecule has 5 nitrogen and oxygen atoms in total. The second-order valence-corrected chi connectivity index (χ2v) is 7.98. The minimum Gasteiger partial charge on any atom is -0.385 e. The second kappa shape index (κ2) is 7.85. The molecule has 136 valence electrons. The zero-order chi connectivity index (χ0) is 17.0. The molecule has 3 aliphatic rings. The van der Waals surface area contributed by atoms with E-state index < -0.39 is 0 Å². The quantitative estimate of drug-likeness (QED) is 0.672. The van der Waals surface area contributed by atoms with E-state index in [0.29, 0.717) is 30.7 Å². The van der Waals surface area contributed by atoms with Gasteiger partial charge in [0.05, 0.1) is 0 Å². The molecule has 2 heterocycles. The number of hydrogen-bond donors (Lipinski definition) is 0. The first-order valence-corrected chi connectivity index (χ1v) is 9.70. The Kier molecular flexibility index (Phi) is 5.80. The van der Waals surface area contributed by atoms with E-state index in [1.54, 1.807) is 7.11 Å². The molecule has 2 aliphatic heterocycles. The predicted octanol–water partition coefficient (Wildman–Crippen LogP) is 2.59. The van der Waals surface area contributed by atoms with E-state index in [-0.39, 0.29) is 5.41 Å². The van der Waals surface area contributed by atoms with Crippen LogP contribution in [0.5, 0.6) is 0 Å². The van der Waals surface area contributed by atoms with Gasteiger partial charge in [0.2, 0.25) is 11.8 Å². The Bertz CT molecular complexity index is 464. The molecule has 1 atom stereocenters. The van der Waals surface area contributed by atoms with Crippen molar-refractivity contribution in [1.29, 1.82) is 0 Å². The van der Waals surface area contributed by atoms with Crippen LogP contribution < -0.4 is 0 Å². The molecule has 2 amide bonds. The van der Waals surface area contributed by atoms with Gasteiger partial charge in [-0.25, -0.2) is 0 Å². The van der Waals surface area contributed by atoms with Crippen molar-refractivity contribution >= 4 is 11.8 Å². The fraction of sp³-hybridized carbons (Fsp3) is 0.895. The van der Waals surface area contributed by atoms with E-state index in [9.17, 15) is 9.59 Å². The zero-order valence-corrected chi connectivity index (χ0v) is 15.1. The molecule has 0 unspecified atom stereocenters. The molecule has 2 saturated heterocycles. The lowest BCUT2D eigenvalue weighted by Gasteiger charge is -2.48. The number of hydrogen-bond acceptors (Lipinski definition) is 3. The third-order valence-corrected chi connectivity index (χ3v) is 5.94. The lowest BCUT2D eigenvalue weighted by atomic mass is 9.73. The van der Waals surface area contributed by atoms with Crippen LogP contribution in [-0.4, -0.2) is 61.0 Å². The molecular formula is C19H32N2O3. The molecule has 3 fully saturated rings. The van der Waals surface area contributed by atoms with Gasteiger partial charge in [0, 0.05) is 57.6 Å². The number of carbonyl (C=O) groups excluding carboxylic acids is 2. The van der Waals surface area contributed by atoms with Gasteiger partial charge in [-0.05, 0) is 44.9 Å². The highest BCUT2D eigenvalue weighted by molar-refractivity contribution is 5.78. The summed E-state index contributed by atoms with van der Waals surface area (Å²) in [5.74, 6) is 0.645. The number of carbonyl (C=O) groups is 2. The van der Waals surface area contributed by atoms with Crippen molar-refractivity contribution in [3.63, 3.8) is 0 Å². The maximum atomic E-state index is 12.6. The van der Waals surface area contributed by atoms with Crippen molar-refractivity contribution in [2.24, 2.45) is 5.41 Å². The molecule has 0 N–H and O–H groups in total. The van der Waals surface area contributed by atoms with Gasteiger partial charge in [-0.1, -0.05) is 6.42 Å². The Labute approximate surface area is 145 Å². The summed E-state index contributed by atoms with van der Waals surface area (Å²) in [6.45, 7) is 3.43. The molecule has 1 saturated carbocycles. The van der Waals surface area contributed by atoms with Crippen molar-refractivity contribution in [3.05, 3.63) is 0 Å². The summed E-state index contributed by atoms with van der Waals surface area (Å²) < 4.78 is 5.06. The average molecular weight is 336 g/mol. The van der Waals surface area contributed by atoms with Gasteiger partial charge < -0.3 is 14.5 Å². The molecular weight excluding hydrogens is 304 g/mol. The van der Waals surface area contributed by atoms with Crippen LogP contribution in [0.2, 0.25) is 0 Å². The Morgan fingerprint density at radius 1 is 1.21 bits per heavy atom. The number of likely N-dealkylation sites (tertiary alicyclic amines) is 2. The summed E-state index contributed by atoms with van der Waals surface area (Å²) in [6, 6.07) is 0.501. The van der Waals surface area contributed by atoms with Crippen molar-refractivity contribution in [2.45, 2.75) is 70.3 Å². The van der Waals surface area contributed by atoms with Crippen LogP contribution in [0, 0.1) is 5.41 Å². The molecule has 1 aliphatic carbocycles. The van der Waals surface area contributed by atoms with Crippen LogP contribution in [0.25, 0.3) is 0 Å². The van der Waals surface area contributed by atoms with E-state index in [1.807, 2.05) is 0 Å². The third-order valence-electron chi connectivity index (χ3n) is 5.94. The maximum absolute atomic E-state index is 12.6. The van der Waals surface area contributed by atoms with Gasteiger partial charge in [-0.3, -0.25) is 9.59 Å². The standard InChI is InChI=1S/C19H32N2O3/c1-24-13-4-2-3-6-17(22)20-12-5-10-19(14-20)11-9-18(23)21(15-19)16-7-8-16/h16H,2-15H2,1H3/t19-/m1/s1. The van der Waals surface area contributed by atoms with Crippen molar-refractivity contribution in [3.8, 4) is 0 Å². The highest BCUT2D eigenvalue weighted by atomic mass is 16.5. The highest BCUT2D eigenvalue weighted by Gasteiger charge is 2.46. The maximum Gasteiger partial charge on any atom is 0.222 e. The van der Waals surface area contributed by atoms with Gasteiger partial charge in [-0.15, -0.1) is 0 Å². The molecule has 1 spiro atoms. The summed E-state index contributed by atoms with van der Waals surface area (Å²) in [4.78, 5) is 29.0. The SMILES string of the molecule is COCCCCCC(=O)N1CCC[C@@]2(CCC(=O)N(C3CC3)C2)C1. The Morgan fingerprint density at radius 2 is 2.04 bits per heavy atom. The predicted molar refractivity (Wildman–Crippen MR) is 92.6 cm³/mol. The molecule has 24 heavy (non-hydrogen) atoms. The number of rotatable bonds is 7. The van der Waals surface area contributed by atoms with Crippen LogP contribution in [0.1, 0.15) is 64.2 Å². The highest BCUT2D eigenvalue weighted by Crippen LogP contribution is 2.42. The van der Waals surface area contributed by atoms with Gasteiger partial charge in [-0.2, -0.15) is 0 Å². The largest absolute Gasteiger partial charge is 0.385 e. The summed E-state index contributed by atoms with van der Waals surface area (Å²) >= 11 is 0. The summed E-state index contributed by atoms with van der Waals surface area (Å²) in [5.41, 5.74) is 0.167. The number of ether oxygens (including phenoxy) is 1. The molecule has 5 heteroatoms. The van der Waals surface area contributed by atoms with Gasteiger partial charge in [0.15, 0.2) is 0 Å². The Balaban J connectivity index is 1.50. The third kappa shape index (κ3) is 4.29. The summed E-state index contributed by atoms with van der Waals surface area (Å²) in [7, 11) is 1.72. The Morgan fingerprint density at radius 3 is 2.79 bits per heavy atom. The number of nitrogens with zero attached hydrogens (tertiary/aromatic N) is 2. The first-order chi connectivity index (χ1) is 11.6. The van der Waals surface area contributed by atoms with Gasteiger partial charge in [0.1, 0.15) is 0 Å². The van der Waals surface area contributed by atoms with E-state index in [2.05, 4.69) is 9.80 Å². The van der Waals surface area contributed by atoms with Crippen molar-refractivity contribution < 1.29 is 14.3 Å². The number of piperidine rings is 2. The average Bonchev–Trinajstić information content (AvgIpc) is 3.42. The molecule has 0 bridgehead atoms. The fourth-order valence-corrected chi connectivity index (χ4v) is 4.37. The van der Waals surface area contributed by atoms with E-state index in [4.69, 9.17) is 4.74 Å². The van der Waals surface area contributed by atoms with E-state index in [1.165, 1.54) is 19.3 Å². The molecule has 3 rings (SSSR count). The topological polar surface area (TPSA) is 49.9 Å². The van der Waals surface area contributed by atoms with Crippen LogP contribution in [0.3, 0.4) is 0 Å². The van der Waals surface area contributed by atoms with Crippen molar-refractivity contribution in [1.82, 2.24) is 9.80 Å². The number of methoxy groups -OCH3 is 1. The van der Waals surface area contributed by atoms with Gasteiger partial charge >= 0.3 is 0 Å². The Hall–Kier alpha value is -1.10. The lowest BCUT2D eigenvalue weighted by molar-refractivity contribution is -0.143. The normalized spacial score (nSPS) is 27.8. The number of amides is 2. The molecule has 0 aromatic rings. The van der Waals surface area contributed by atoms with Crippen LogP contribution in [-0.2, 0) is 14.3 Å². The molecule has 0 aromatic carbocycles. The van der Waals surface area contributed by atoms with Crippen LogP contribution in [0.4, 0.5) is 0 Å². The monoisotopic (exact) mass is 336 g/mol. The van der Waals surface area contributed by atoms with E-state index in [0.717, 1.165) is 58.3 Å². The number of unbranched alkanes of at least 4 members (excludes halogenated alkanes) is 2. The fourth-order valence-electron chi connectivity index (χ4n) is 4.37. The van der Waals surface area contributed by atoms with Crippen molar-refractivity contribution in [2.75, 3.05) is 33.4 Å². The first-order valence-electron chi connectivity index (χ1n) is 9.70. The van der Waals surface area contributed by atoms with Gasteiger partial charge in [0.25, 0.3) is 0 Å². The van der Waals surface area contributed by atoms with E-state index >= 15 is 0 Å². The molecule has 0 aromatic heterocycles. The minimum absolute atomic E-state index is 0.167. The van der Waals surface area contributed by atoms with Crippen LogP contribution >= 0.6 is 0 Å². The lowest BCUT2D eigenvalue weighted by Crippen LogP contribution is -2.55. The second-order valence-electron chi connectivity index (χ2n) is 7.98. The first kappa shape index (κ1) is 17.7. The summed E-state index contributed by atoms with van der Waals surface area (Å²) in [6.07, 6.45) is 9.95. The zero-order valence-electron chi connectivity index (χ0n) is 15.1. The smallest absolute Gasteiger partial charge is 0.222 e. The summed E-state index contributed by atoms with van der Waals surface area (Å²) in [5, 5.41) is 0. The minimum atomic E-state index is 0.167.